The third kappa shape index (κ3) is 3.39. The largest absolute Gasteiger partial charge is 0.367 e. The van der Waals surface area contributed by atoms with Crippen LogP contribution in [0.15, 0.2) is 6.20 Å². The van der Waals surface area contributed by atoms with Gasteiger partial charge in [-0.3, -0.25) is 4.98 Å². The van der Waals surface area contributed by atoms with E-state index >= 15 is 0 Å². The normalized spacial score (nSPS) is 12.5. The van der Waals surface area contributed by atoms with Crippen molar-refractivity contribution < 1.29 is 8.42 Å². The van der Waals surface area contributed by atoms with Crippen molar-refractivity contribution in [2.45, 2.75) is 32.4 Å². The first-order valence-corrected chi connectivity index (χ1v) is 7.26. The lowest BCUT2D eigenvalue weighted by molar-refractivity contribution is 0.559. The summed E-state index contributed by atoms with van der Waals surface area (Å²) in [7, 11) is -3.11. The molecule has 0 unspecified atom stereocenters. The minimum Gasteiger partial charge on any atom is -0.367 e. The summed E-state index contributed by atoms with van der Waals surface area (Å²) in [6.07, 6.45) is 2.92. The van der Waals surface area contributed by atoms with E-state index in [0.717, 1.165) is 11.4 Å². The first-order valence-electron chi connectivity index (χ1n) is 5.37. The molecule has 0 aliphatic carbocycles. The predicted octanol–water partition coefficient (Wildman–Crippen LogP) is 1.33. The zero-order valence-corrected chi connectivity index (χ0v) is 11.7. The number of nitrogens with zero attached hydrogens (tertiary/aromatic N) is 2. The molecule has 1 N–H and O–H groups in total. The monoisotopic (exact) mass is 257 g/mol. The van der Waals surface area contributed by atoms with Crippen LogP contribution in [0.3, 0.4) is 0 Å². The van der Waals surface area contributed by atoms with Gasteiger partial charge in [0.05, 0.1) is 16.1 Å². The molecule has 17 heavy (non-hydrogen) atoms. The van der Waals surface area contributed by atoms with E-state index in [1.807, 2.05) is 13.8 Å². The highest BCUT2D eigenvalue weighted by Crippen LogP contribution is 2.17. The molecular weight excluding hydrogens is 238 g/mol. The molecule has 0 aromatic carbocycles. The summed E-state index contributed by atoms with van der Waals surface area (Å²) in [5, 5.41) is 3.05. The fourth-order valence-electron chi connectivity index (χ4n) is 1.13. The molecule has 0 fully saturated rings. The summed E-state index contributed by atoms with van der Waals surface area (Å²) in [5.41, 5.74) is 1.56. The first-order chi connectivity index (χ1) is 7.63. The number of anilines is 1. The van der Waals surface area contributed by atoms with Crippen molar-refractivity contribution in [2.24, 2.45) is 0 Å². The van der Waals surface area contributed by atoms with E-state index in [0.29, 0.717) is 12.4 Å². The molecular formula is C11H19N3O2S. The van der Waals surface area contributed by atoms with Crippen molar-refractivity contribution in [2.75, 3.05) is 18.1 Å². The molecule has 0 saturated heterocycles. The Morgan fingerprint density at radius 1 is 1.35 bits per heavy atom. The van der Waals surface area contributed by atoms with Crippen LogP contribution in [-0.4, -0.2) is 35.9 Å². The van der Waals surface area contributed by atoms with Gasteiger partial charge < -0.3 is 5.32 Å². The van der Waals surface area contributed by atoms with E-state index in [1.165, 1.54) is 6.26 Å². The summed E-state index contributed by atoms with van der Waals surface area (Å²) in [4.78, 5) is 8.46. The fourth-order valence-corrected chi connectivity index (χ4v) is 1.47. The van der Waals surface area contributed by atoms with E-state index in [-0.39, 0.29) is 0 Å². The van der Waals surface area contributed by atoms with Gasteiger partial charge in [-0.15, -0.1) is 0 Å². The Balaban J connectivity index is 2.84. The molecule has 0 bridgehead atoms. The number of aromatic nitrogens is 2. The van der Waals surface area contributed by atoms with Crippen molar-refractivity contribution in [3.05, 3.63) is 17.6 Å². The third-order valence-corrected chi connectivity index (χ3v) is 4.91. The summed E-state index contributed by atoms with van der Waals surface area (Å²) >= 11 is 0. The van der Waals surface area contributed by atoms with Gasteiger partial charge in [-0.1, -0.05) is 0 Å². The zero-order chi connectivity index (χ0) is 13.3. The number of sulfone groups is 1. The second-order valence-electron chi connectivity index (χ2n) is 4.83. The molecule has 96 valence electrons. The van der Waals surface area contributed by atoms with Crippen LogP contribution in [0.4, 0.5) is 5.82 Å². The zero-order valence-electron chi connectivity index (χ0n) is 10.9. The molecule has 0 radical (unpaired) electrons. The fraction of sp³-hybridized carbons (Fsp3) is 0.636. The molecule has 5 nitrogen and oxygen atoms in total. The highest BCUT2D eigenvalue weighted by Gasteiger charge is 2.30. The van der Waals surface area contributed by atoms with E-state index in [4.69, 9.17) is 0 Å². The molecule has 0 saturated carbocycles. The Kier molecular flexibility index (Phi) is 3.76. The number of rotatable bonds is 4. The topological polar surface area (TPSA) is 72.0 Å². The Morgan fingerprint density at radius 3 is 2.47 bits per heavy atom. The number of aryl methyl sites for hydroxylation is 2. The van der Waals surface area contributed by atoms with E-state index in [9.17, 15) is 8.42 Å². The first kappa shape index (κ1) is 13.9. The quantitative estimate of drug-likeness (QED) is 0.881. The lowest BCUT2D eigenvalue weighted by atomic mass is 10.2. The smallest absolute Gasteiger partial charge is 0.154 e. The van der Waals surface area contributed by atoms with Gasteiger partial charge in [0.15, 0.2) is 9.84 Å². The average Bonchev–Trinajstić information content (AvgIpc) is 2.18. The highest BCUT2D eigenvalue weighted by molar-refractivity contribution is 7.92. The van der Waals surface area contributed by atoms with Crippen LogP contribution < -0.4 is 5.32 Å². The maximum Gasteiger partial charge on any atom is 0.154 e. The van der Waals surface area contributed by atoms with Crippen LogP contribution in [0.2, 0.25) is 0 Å². The Hall–Kier alpha value is -1.17. The van der Waals surface area contributed by atoms with Crippen LogP contribution >= 0.6 is 0 Å². The molecule has 0 atom stereocenters. The average molecular weight is 257 g/mol. The second kappa shape index (κ2) is 4.60. The maximum atomic E-state index is 11.6. The van der Waals surface area contributed by atoms with Crippen LogP contribution in [0, 0.1) is 13.8 Å². The lowest BCUT2D eigenvalue weighted by Crippen LogP contribution is -2.38. The molecule has 1 rings (SSSR count). The molecule has 1 heterocycles. The Morgan fingerprint density at radius 2 is 1.94 bits per heavy atom. The van der Waals surface area contributed by atoms with Crippen molar-refractivity contribution in [3.63, 3.8) is 0 Å². The van der Waals surface area contributed by atoms with Crippen molar-refractivity contribution in [1.29, 1.82) is 0 Å². The SMILES string of the molecule is Cc1cnc(C)c(NCC(C)(C)S(C)(=O)=O)n1. The predicted molar refractivity (Wildman–Crippen MR) is 68.9 cm³/mol. The van der Waals surface area contributed by atoms with Gasteiger partial charge in [-0.05, 0) is 27.7 Å². The molecule has 1 aromatic rings. The molecule has 0 aliphatic rings. The van der Waals surface area contributed by atoms with Crippen LogP contribution in [0.25, 0.3) is 0 Å². The van der Waals surface area contributed by atoms with E-state index in [1.54, 1.807) is 20.0 Å². The van der Waals surface area contributed by atoms with Gasteiger partial charge in [-0.25, -0.2) is 13.4 Å². The van der Waals surface area contributed by atoms with Crippen LogP contribution in [0.1, 0.15) is 25.2 Å². The summed E-state index contributed by atoms with van der Waals surface area (Å²) < 4.78 is 22.3. The summed E-state index contributed by atoms with van der Waals surface area (Å²) in [6, 6.07) is 0. The number of hydrogen-bond acceptors (Lipinski definition) is 5. The second-order valence-corrected chi connectivity index (χ2v) is 7.48. The van der Waals surface area contributed by atoms with E-state index < -0.39 is 14.6 Å². The van der Waals surface area contributed by atoms with Gasteiger partial charge in [-0.2, -0.15) is 0 Å². The maximum absolute atomic E-state index is 11.6. The van der Waals surface area contributed by atoms with Crippen molar-refractivity contribution in [3.8, 4) is 0 Å². The van der Waals surface area contributed by atoms with Crippen molar-refractivity contribution >= 4 is 15.7 Å². The van der Waals surface area contributed by atoms with Crippen LogP contribution in [-0.2, 0) is 9.84 Å². The third-order valence-electron chi connectivity index (χ3n) is 2.76. The highest BCUT2D eigenvalue weighted by atomic mass is 32.2. The molecule has 6 heteroatoms. The van der Waals surface area contributed by atoms with E-state index in [2.05, 4.69) is 15.3 Å². The van der Waals surface area contributed by atoms with Gasteiger partial charge >= 0.3 is 0 Å². The molecule has 1 aromatic heterocycles. The standard InChI is InChI=1S/C11H19N3O2S/c1-8-6-12-9(2)10(14-8)13-7-11(3,4)17(5,15)16/h6H,7H2,1-5H3,(H,13,14). The molecule has 0 spiro atoms. The number of nitrogens with one attached hydrogen (secondary N) is 1. The molecule has 0 aliphatic heterocycles. The minimum atomic E-state index is -3.11. The lowest BCUT2D eigenvalue weighted by Gasteiger charge is -2.23. The Labute approximate surface area is 103 Å². The Bertz CT molecular complexity index is 509. The molecule has 0 amide bonds. The van der Waals surface area contributed by atoms with Gasteiger partial charge in [0, 0.05) is 19.0 Å². The van der Waals surface area contributed by atoms with Gasteiger partial charge in [0.1, 0.15) is 5.82 Å². The summed E-state index contributed by atoms with van der Waals surface area (Å²) in [5.74, 6) is 0.640. The van der Waals surface area contributed by atoms with Crippen molar-refractivity contribution in [1.82, 2.24) is 9.97 Å². The summed E-state index contributed by atoms with van der Waals surface area (Å²) in [6.45, 7) is 7.37. The van der Waals surface area contributed by atoms with Crippen LogP contribution in [0.5, 0.6) is 0 Å². The minimum absolute atomic E-state index is 0.310. The van der Waals surface area contributed by atoms with Gasteiger partial charge in [0.25, 0.3) is 0 Å². The number of hydrogen-bond donors (Lipinski definition) is 1. The van der Waals surface area contributed by atoms with Gasteiger partial charge in [0.2, 0.25) is 0 Å².